The fraction of sp³-hybridized carbons (Fsp3) is 0. The predicted molar refractivity (Wildman–Crippen MR) is 111 cm³/mol. The maximum absolute atomic E-state index is 13.3. The number of halogens is 2. The SMILES string of the molecule is O=S(=O)(c1ccc(Oc2cccc(F)c2)cc1)c1ccc(Oc2cccc(F)c2)cc1. The van der Waals surface area contributed by atoms with Gasteiger partial charge in [0.2, 0.25) is 9.84 Å². The fourth-order valence-electron chi connectivity index (χ4n) is 2.84. The Bertz CT molecular complexity index is 1210. The zero-order valence-electron chi connectivity index (χ0n) is 16.0. The van der Waals surface area contributed by atoms with E-state index in [1.54, 1.807) is 12.1 Å². The summed E-state index contributed by atoms with van der Waals surface area (Å²) < 4.78 is 63.4. The first kappa shape index (κ1) is 20.6. The first-order chi connectivity index (χ1) is 14.9. The maximum atomic E-state index is 13.3. The van der Waals surface area contributed by atoms with Crippen LogP contribution in [0.2, 0.25) is 0 Å². The van der Waals surface area contributed by atoms with Crippen molar-refractivity contribution in [2.75, 3.05) is 0 Å². The molecule has 0 aromatic heterocycles. The van der Waals surface area contributed by atoms with E-state index in [1.165, 1.54) is 84.9 Å². The summed E-state index contributed by atoms with van der Waals surface area (Å²) in [6.45, 7) is 0. The van der Waals surface area contributed by atoms with Gasteiger partial charge in [-0.1, -0.05) is 12.1 Å². The van der Waals surface area contributed by atoms with Crippen molar-refractivity contribution in [2.45, 2.75) is 9.79 Å². The monoisotopic (exact) mass is 438 g/mol. The predicted octanol–water partition coefficient (Wildman–Crippen LogP) is 6.38. The molecule has 0 fully saturated rings. The molecule has 0 radical (unpaired) electrons. The highest BCUT2D eigenvalue weighted by Gasteiger charge is 2.18. The molecule has 0 bridgehead atoms. The van der Waals surface area contributed by atoms with Gasteiger partial charge in [-0.3, -0.25) is 0 Å². The second kappa shape index (κ2) is 8.57. The largest absolute Gasteiger partial charge is 0.457 e. The van der Waals surface area contributed by atoms with E-state index in [-0.39, 0.29) is 9.79 Å². The molecule has 156 valence electrons. The molecule has 0 aliphatic carbocycles. The minimum Gasteiger partial charge on any atom is -0.457 e. The minimum atomic E-state index is -3.76. The van der Waals surface area contributed by atoms with Gasteiger partial charge in [-0.15, -0.1) is 0 Å². The van der Waals surface area contributed by atoms with Crippen LogP contribution in [0.25, 0.3) is 0 Å². The first-order valence-corrected chi connectivity index (χ1v) is 10.7. The quantitative estimate of drug-likeness (QED) is 0.350. The van der Waals surface area contributed by atoms with E-state index in [4.69, 9.17) is 9.47 Å². The van der Waals surface area contributed by atoms with Gasteiger partial charge in [-0.2, -0.15) is 0 Å². The molecular weight excluding hydrogens is 422 g/mol. The lowest BCUT2D eigenvalue weighted by Gasteiger charge is -2.09. The number of hydrogen-bond donors (Lipinski definition) is 0. The van der Waals surface area contributed by atoms with Crippen LogP contribution < -0.4 is 9.47 Å². The van der Waals surface area contributed by atoms with Gasteiger partial charge in [0.25, 0.3) is 0 Å². The first-order valence-electron chi connectivity index (χ1n) is 9.22. The Morgan fingerprint density at radius 1 is 0.516 bits per heavy atom. The topological polar surface area (TPSA) is 52.6 Å². The van der Waals surface area contributed by atoms with Crippen molar-refractivity contribution < 1.29 is 26.7 Å². The van der Waals surface area contributed by atoms with E-state index in [2.05, 4.69) is 0 Å². The summed E-state index contributed by atoms with van der Waals surface area (Å²) in [5, 5.41) is 0. The number of sulfone groups is 1. The summed E-state index contributed by atoms with van der Waals surface area (Å²) in [5.41, 5.74) is 0. The van der Waals surface area contributed by atoms with Crippen molar-refractivity contribution in [1.82, 2.24) is 0 Å². The van der Waals surface area contributed by atoms with Crippen LogP contribution in [-0.2, 0) is 9.84 Å². The van der Waals surface area contributed by atoms with Crippen LogP contribution in [0.5, 0.6) is 23.0 Å². The zero-order valence-corrected chi connectivity index (χ0v) is 16.9. The molecule has 4 aromatic rings. The second-order valence-corrected chi connectivity index (χ2v) is 8.51. The standard InChI is InChI=1S/C24H16F2O4S/c25-17-3-1-5-21(15-17)29-19-7-11-23(12-8-19)31(27,28)24-13-9-20(10-14-24)30-22-6-2-4-18(26)16-22/h1-16H. The van der Waals surface area contributed by atoms with Gasteiger partial charge in [-0.25, -0.2) is 17.2 Å². The van der Waals surface area contributed by atoms with E-state index < -0.39 is 21.5 Å². The van der Waals surface area contributed by atoms with Crippen LogP contribution in [0.4, 0.5) is 8.78 Å². The summed E-state index contributed by atoms with van der Waals surface area (Å²) in [5.74, 6) is 0.517. The molecule has 31 heavy (non-hydrogen) atoms. The Labute approximate surface area is 178 Å². The molecule has 7 heteroatoms. The van der Waals surface area contributed by atoms with Crippen molar-refractivity contribution in [2.24, 2.45) is 0 Å². The number of benzene rings is 4. The van der Waals surface area contributed by atoms with E-state index in [9.17, 15) is 17.2 Å². The van der Waals surface area contributed by atoms with Crippen LogP contribution in [-0.4, -0.2) is 8.42 Å². The normalized spacial score (nSPS) is 11.2. The van der Waals surface area contributed by atoms with E-state index in [1.807, 2.05) is 0 Å². The van der Waals surface area contributed by atoms with Gasteiger partial charge >= 0.3 is 0 Å². The molecule has 0 amide bonds. The van der Waals surface area contributed by atoms with Crippen molar-refractivity contribution in [1.29, 1.82) is 0 Å². The molecule has 4 aromatic carbocycles. The molecular formula is C24H16F2O4S. The Balaban J connectivity index is 1.50. The van der Waals surface area contributed by atoms with Crippen LogP contribution in [0.1, 0.15) is 0 Å². The molecule has 0 N–H and O–H groups in total. The molecule has 0 aliphatic rings. The molecule has 4 rings (SSSR count). The Morgan fingerprint density at radius 3 is 1.26 bits per heavy atom. The van der Waals surface area contributed by atoms with Crippen LogP contribution >= 0.6 is 0 Å². The van der Waals surface area contributed by atoms with Crippen LogP contribution in [0.3, 0.4) is 0 Å². The molecule has 0 atom stereocenters. The third-order valence-corrected chi connectivity index (χ3v) is 6.12. The maximum Gasteiger partial charge on any atom is 0.206 e. The van der Waals surface area contributed by atoms with Gasteiger partial charge < -0.3 is 9.47 Å². The van der Waals surface area contributed by atoms with Gasteiger partial charge in [0.15, 0.2) is 0 Å². The lowest BCUT2D eigenvalue weighted by atomic mass is 10.3. The van der Waals surface area contributed by atoms with Crippen molar-refractivity contribution >= 4 is 9.84 Å². The summed E-state index contributed by atoms with van der Waals surface area (Å²) in [4.78, 5) is 0.163. The van der Waals surface area contributed by atoms with Crippen molar-refractivity contribution in [3.05, 3.63) is 109 Å². The van der Waals surface area contributed by atoms with Crippen molar-refractivity contribution in [3.63, 3.8) is 0 Å². The Hall–Kier alpha value is -3.71. The molecule has 0 unspecified atom stereocenters. The number of rotatable bonds is 6. The summed E-state index contributed by atoms with van der Waals surface area (Å²) >= 11 is 0. The molecule has 0 aliphatic heterocycles. The highest BCUT2D eigenvalue weighted by Crippen LogP contribution is 2.28. The third kappa shape index (κ3) is 4.90. The van der Waals surface area contributed by atoms with E-state index in [0.717, 1.165) is 0 Å². The average Bonchev–Trinajstić information content (AvgIpc) is 2.75. The van der Waals surface area contributed by atoms with Gasteiger partial charge in [0.05, 0.1) is 9.79 Å². The molecule has 4 nitrogen and oxygen atoms in total. The number of hydrogen-bond acceptors (Lipinski definition) is 4. The van der Waals surface area contributed by atoms with Crippen LogP contribution in [0.15, 0.2) is 107 Å². The summed E-state index contributed by atoms with van der Waals surface area (Å²) in [6, 6.07) is 23.0. The van der Waals surface area contributed by atoms with Gasteiger partial charge in [0, 0.05) is 12.1 Å². The van der Waals surface area contributed by atoms with E-state index >= 15 is 0 Å². The lowest BCUT2D eigenvalue weighted by molar-refractivity contribution is 0.476. The Morgan fingerprint density at radius 2 is 0.903 bits per heavy atom. The highest BCUT2D eigenvalue weighted by atomic mass is 32.2. The third-order valence-electron chi connectivity index (χ3n) is 4.33. The minimum absolute atomic E-state index is 0.0814. The number of ether oxygens (including phenoxy) is 2. The molecule has 0 saturated heterocycles. The Kier molecular flexibility index (Phi) is 5.68. The van der Waals surface area contributed by atoms with E-state index in [0.29, 0.717) is 23.0 Å². The second-order valence-electron chi connectivity index (χ2n) is 6.57. The zero-order chi connectivity index (χ0) is 21.8. The fourth-order valence-corrected chi connectivity index (χ4v) is 4.10. The van der Waals surface area contributed by atoms with Gasteiger partial charge in [0.1, 0.15) is 34.6 Å². The lowest BCUT2D eigenvalue weighted by Crippen LogP contribution is -2.01. The summed E-state index contributed by atoms with van der Waals surface area (Å²) in [7, 11) is -3.76. The highest BCUT2D eigenvalue weighted by molar-refractivity contribution is 7.91. The van der Waals surface area contributed by atoms with Gasteiger partial charge in [-0.05, 0) is 72.8 Å². The smallest absolute Gasteiger partial charge is 0.206 e. The summed E-state index contributed by atoms with van der Waals surface area (Å²) in [6.07, 6.45) is 0. The molecule has 0 heterocycles. The van der Waals surface area contributed by atoms with Crippen molar-refractivity contribution in [3.8, 4) is 23.0 Å². The molecule has 0 spiro atoms. The van der Waals surface area contributed by atoms with Crippen LogP contribution in [0, 0.1) is 11.6 Å². The molecule has 0 saturated carbocycles. The average molecular weight is 438 g/mol.